The standard InChI is InChI=1S/C12H12ClN/c13-11-3-1-2-10-6-7-14(12(10)11)8-9-4-5-9/h1-3,6-7,9H,4-5,8H2. The molecule has 0 aliphatic heterocycles. The Labute approximate surface area is 88.3 Å². The zero-order valence-corrected chi connectivity index (χ0v) is 8.67. The van der Waals surface area contributed by atoms with Gasteiger partial charge < -0.3 is 4.57 Å². The summed E-state index contributed by atoms with van der Waals surface area (Å²) in [4.78, 5) is 0. The summed E-state index contributed by atoms with van der Waals surface area (Å²) < 4.78 is 2.29. The first-order valence-electron chi connectivity index (χ1n) is 5.08. The number of para-hydroxylation sites is 1. The van der Waals surface area contributed by atoms with E-state index in [1.807, 2.05) is 12.1 Å². The summed E-state index contributed by atoms with van der Waals surface area (Å²) in [5.74, 6) is 0.891. The number of rotatable bonds is 2. The zero-order chi connectivity index (χ0) is 9.54. The molecule has 2 aromatic rings. The number of hydrogen-bond acceptors (Lipinski definition) is 0. The van der Waals surface area contributed by atoms with Gasteiger partial charge in [-0.15, -0.1) is 0 Å². The summed E-state index contributed by atoms with van der Waals surface area (Å²) in [6, 6.07) is 8.23. The fourth-order valence-electron chi connectivity index (χ4n) is 1.95. The molecular weight excluding hydrogens is 194 g/mol. The normalized spacial score (nSPS) is 16.4. The third-order valence-electron chi connectivity index (χ3n) is 2.89. The van der Waals surface area contributed by atoms with Crippen molar-refractivity contribution in [3.8, 4) is 0 Å². The summed E-state index contributed by atoms with van der Waals surface area (Å²) in [6.45, 7) is 1.13. The van der Waals surface area contributed by atoms with E-state index in [1.54, 1.807) is 0 Å². The number of halogens is 1. The van der Waals surface area contributed by atoms with Crippen LogP contribution < -0.4 is 0 Å². The lowest BCUT2D eigenvalue weighted by atomic mass is 10.2. The van der Waals surface area contributed by atoms with E-state index in [1.165, 1.54) is 23.7 Å². The molecule has 72 valence electrons. The van der Waals surface area contributed by atoms with Crippen LogP contribution in [0.3, 0.4) is 0 Å². The summed E-state index contributed by atoms with van der Waals surface area (Å²) in [7, 11) is 0. The maximum atomic E-state index is 6.19. The van der Waals surface area contributed by atoms with Crippen molar-refractivity contribution in [2.45, 2.75) is 19.4 Å². The second kappa shape index (κ2) is 3.03. The molecule has 1 aliphatic rings. The fraction of sp³-hybridized carbons (Fsp3) is 0.333. The van der Waals surface area contributed by atoms with Gasteiger partial charge in [0.15, 0.2) is 0 Å². The summed E-state index contributed by atoms with van der Waals surface area (Å²) in [6.07, 6.45) is 4.91. The van der Waals surface area contributed by atoms with Gasteiger partial charge in [0, 0.05) is 18.1 Å². The highest BCUT2D eigenvalue weighted by Crippen LogP contribution is 2.33. The second-order valence-corrected chi connectivity index (χ2v) is 4.50. The van der Waals surface area contributed by atoms with Crippen LogP contribution in [0, 0.1) is 5.92 Å². The van der Waals surface area contributed by atoms with Crippen LogP contribution in [0.1, 0.15) is 12.8 Å². The SMILES string of the molecule is Clc1cccc2ccn(CC3CC3)c12. The molecule has 1 nitrogen and oxygen atoms in total. The van der Waals surface area contributed by atoms with E-state index in [9.17, 15) is 0 Å². The van der Waals surface area contributed by atoms with Crippen molar-refractivity contribution >= 4 is 22.5 Å². The van der Waals surface area contributed by atoms with Crippen LogP contribution in [0.25, 0.3) is 10.9 Å². The van der Waals surface area contributed by atoms with Crippen LogP contribution in [0.5, 0.6) is 0 Å². The average Bonchev–Trinajstić information content (AvgIpc) is 2.88. The van der Waals surface area contributed by atoms with E-state index < -0.39 is 0 Å². The van der Waals surface area contributed by atoms with E-state index in [0.29, 0.717) is 0 Å². The Morgan fingerprint density at radius 3 is 2.93 bits per heavy atom. The molecule has 0 spiro atoms. The van der Waals surface area contributed by atoms with Gasteiger partial charge in [-0.1, -0.05) is 23.7 Å². The molecule has 1 aromatic carbocycles. The summed E-state index contributed by atoms with van der Waals surface area (Å²) >= 11 is 6.19. The molecule has 1 fully saturated rings. The molecule has 2 heteroatoms. The van der Waals surface area contributed by atoms with Crippen LogP contribution >= 0.6 is 11.6 Å². The molecule has 14 heavy (non-hydrogen) atoms. The van der Waals surface area contributed by atoms with E-state index in [2.05, 4.69) is 22.9 Å². The van der Waals surface area contributed by atoms with Crippen molar-refractivity contribution in [1.82, 2.24) is 4.57 Å². The Kier molecular flexibility index (Phi) is 1.81. The molecule has 0 saturated heterocycles. The highest BCUT2D eigenvalue weighted by Gasteiger charge is 2.22. The van der Waals surface area contributed by atoms with Gasteiger partial charge in [0.05, 0.1) is 10.5 Å². The molecular formula is C12H12ClN. The number of aromatic nitrogens is 1. The molecule has 1 aromatic heterocycles. The second-order valence-electron chi connectivity index (χ2n) is 4.09. The maximum absolute atomic E-state index is 6.19. The van der Waals surface area contributed by atoms with Crippen molar-refractivity contribution in [3.05, 3.63) is 35.5 Å². The molecule has 0 unspecified atom stereocenters. The van der Waals surface area contributed by atoms with Crippen molar-refractivity contribution < 1.29 is 0 Å². The van der Waals surface area contributed by atoms with E-state index in [-0.39, 0.29) is 0 Å². The van der Waals surface area contributed by atoms with Crippen molar-refractivity contribution in [3.63, 3.8) is 0 Å². The molecule has 0 N–H and O–H groups in total. The average molecular weight is 206 g/mol. The van der Waals surface area contributed by atoms with Gasteiger partial charge in [-0.05, 0) is 30.9 Å². The Balaban J connectivity index is 2.13. The number of fused-ring (bicyclic) bond motifs is 1. The number of benzene rings is 1. The van der Waals surface area contributed by atoms with E-state index in [4.69, 9.17) is 11.6 Å². The quantitative estimate of drug-likeness (QED) is 0.705. The molecule has 1 heterocycles. The summed E-state index contributed by atoms with van der Waals surface area (Å²) in [5.41, 5.74) is 1.20. The minimum Gasteiger partial charge on any atom is -0.346 e. The lowest BCUT2D eigenvalue weighted by Crippen LogP contribution is -1.97. The van der Waals surface area contributed by atoms with Crippen LogP contribution in [0.15, 0.2) is 30.5 Å². The molecule has 3 rings (SSSR count). The predicted octanol–water partition coefficient (Wildman–Crippen LogP) is 3.70. The zero-order valence-electron chi connectivity index (χ0n) is 7.91. The number of hydrogen-bond donors (Lipinski definition) is 0. The molecule has 0 atom stereocenters. The third kappa shape index (κ3) is 1.32. The van der Waals surface area contributed by atoms with Gasteiger partial charge in [0.2, 0.25) is 0 Å². The first-order valence-corrected chi connectivity index (χ1v) is 5.46. The smallest absolute Gasteiger partial charge is 0.0669 e. The van der Waals surface area contributed by atoms with Crippen LogP contribution in [-0.2, 0) is 6.54 Å². The molecule has 0 bridgehead atoms. The lowest BCUT2D eigenvalue weighted by Gasteiger charge is -2.04. The Morgan fingerprint density at radius 1 is 1.29 bits per heavy atom. The van der Waals surface area contributed by atoms with E-state index in [0.717, 1.165) is 17.5 Å². The predicted molar refractivity (Wildman–Crippen MR) is 59.7 cm³/mol. The Morgan fingerprint density at radius 2 is 2.14 bits per heavy atom. The van der Waals surface area contributed by atoms with Gasteiger partial charge in [0.25, 0.3) is 0 Å². The largest absolute Gasteiger partial charge is 0.346 e. The fourth-order valence-corrected chi connectivity index (χ4v) is 2.24. The van der Waals surface area contributed by atoms with Crippen molar-refractivity contribution in [2.24, 2.45) is 5.92 Å². The third-order valence-corrected chi connectivity index (χ3v) is 3.20. The molecule has 1 saturated carbocycles. The monoisotopic (exact) mass is 205 g/mol. The number of nitrogens with zero attached hydrogens (tertiary/aromatic N) is 1. The minimum absolute atomic E-state index is 0.869. The highest BCUT2D eigenvalue weighted by molar-refractivity contribution is 6.35. The Hall–Kier alpha value is -0.950. The Bertz CT molecular complexity index is 468. The van der Waals surface area contributed by atoms with Crippen molar-refractivity contribution in [1.29, 1.82) is 0 Å². The van der Waals surface area contributed by atoms with Crippen LogP contribution in [-0.4, -0.2) is 4.57 Å². The molecule has 0 amide bonds. The van der Waals surface area contributed by atoms with Gasteiger partial charge in [-0.2, -0.15) is 0 Å². The first kappa shape index (κ1) is 8.37. The van der Waals surface area contributed by atoms with Gasteiger partial charge in [-0.25, -0.2) is 0 Å². The van der Waals surface area contributed by atoms with Gasteiger partial charge in [-0.3, -0.25) is 0 Å². The van der Waals surface area contributed by atoms with Crippen LogP contribution in [0.4, 0.5) is 0 Å². The molecule has 0 radical (unpaired) electrons. The lowest BCUT2D eigenvalue weighted by molar-refractivity contribution is 0.647. The van der Waals surface area contributed by atoms with Crippen LogP contribution in [0.2, 0.25) is 5.02 Å². The topological polar surface area (TPSA) is 4.93 Å². The summed E-state index contributed by atoms with van der Waals surface area (Å²) in [5, 5.41) is 2.12. The van der Waals surface area contributed by atoms with Gasteiger partial charge >= 0.3 is 0 Å². The maximum Gasteiger partial charge on any atom is 0.0669 e. The highest BCUT2D eigenvalue weighted by atomic mass is 35.5. The first-order chi connectivity index (χ1) is 6.84. The van der Waals surface area contributed by atoms with E-state index >= 15 is 0 Å². The molecule has 1 aliphatic carbocycles. The van der Waals surface area contributed by atoms with Crippen molar-refractivity contribution in [2.75, 3.05) is 0 Å². The van der Waals surface area contributed by atoms with Gasteiger partial charge in [0.1, 0.15) is 0 Å². The minimum atomic E-state index is 0.869.